The molecule has 180 valence electrons. The molecule has 0 N–H and O–H groups in total. The van der Waals surface area contributed by atoms with E-state index in [2.05, 4.69) is 64.1 Å². The van der Waals surface area contributed by atoms with Gasteiger partial charge in [-0.25, -0.2) is 0 Å². The Morgan fingerprint density at radius 3 is 1.71 bits per heavy atom. The molecular formula is C32H35O2P. The van der Waals surface area contributed by atoms with E-state index < -0.39 is 7.37 Å². The lowest BCUT2D eigenvalue weighted by Gasteiger charge is -2.30. The van der Waals surface area contributed by atoms with E-state index in [1.807, 2.05) is 62.4 Å². The van der Waals surface area contributed by atoms with Crippen molar-refractivity contribution in [2.24, 2.45) is 0 Å². The van der Waals surface area contributed by atoms with Crippen molar-refractivity contribution < 1.29 is 9.09 Å². The molecule has 1 aliphatic rings. The van der Waals surface area contributed by atoms with Crippen LogP contribution in [-0.2, 0) is 11.0 Å². The molecule has 1 unspecified atom stereocenters. The Labute approximate surface area is 210 Å². The Kier molecular flexibility index (Phi) is 7.33. The Balaban J connectivity index is 0.000000165. The van der Waals surface area contributed by atoms with Crippen molar-refractivity contribution in [2.45, 2.75) is 53.6 Å². The molecule has 0 saturated heterocycles. The van der Waals surface area contributed by atoms with E-state index in [1.165, 1.54) is 33.4 Å². The van der Waals surface area contributed by atoms with E-state index in [-0.39, 0.29) is 5.66 Å². The van der Waals surface area contributed by atoms with Crippen molar-refractivity contribution >= 4 is 12.7 Å². The van der Waals surface area contributed by atoms with E-state index >= 15 is 0 Å². The lowest BCUT2D eigenvalue weighted by Crippen LogP contribution is -2.22. The Morgan fingerprint density at radius 2 is 1.17 bits per heavy atom. The van der Waals surface area contributed by atoms with E-state index in [1.54, 1.807) is 0 Å². The third-order valence-electron chi connectivity index (χ3n) is 6.88. The first-order chi connectivity index (χ1) is 16.7. The molecule has 1 heterocycles. The molecule has 2 nitrogen and oxygen atoms in total. The SMILES string of the molecule is CC(C)P1(=O)Oc2ccccc2-c2ccccc21.Cc1ccc(Cc2ccc(C)c(C)c2)cc1C. The smallest absolute Gasteiger partial charge is 0.280 e. The van der Waals surface area contributed by atoms with Crippen LogP contribution in [0.2, 0.25) is 0 Å². The van der Waals surface area contributed by atoms with Crippen LogP contribution in [0.5, 0.6) is 5.75 Å². The van der Waals surface area contributed by atoms with Gasteiger partial charge >= 0.3 is 0 Å². The predicted octanol–water partition coefficient (Wildman–Crippen LogP) is 8.57. The number of benzene rings is 4. The molecule has 0 spiro atoms. The van der Waals surface area contributed by atoms with Gasteiger partial charge in [-0.05, 0) is 85.2 Å². The predicted molar refractivity (Wildman–Crippen MR) is 150 cm³/mol. The van der Waals surface area contributed by atoms with E-state index in [0.717, 1.165) is 28.6 Å². The quantitative estimate of drug-likeness (QED) is 0.273. The van der Waals surface area contributed by atoms with Gasteiger partial charge in [0, 0.05) is 11.2 Å². The summed E-state index contributed by atoms with van der Waals surface area (Å²) < 4.78 is 19.0. The molecule has 3 heteroatoms. The molecule has 0 fully saturated rings. The second-order valence-electron chi connectivity index (χ2n) is 9.81. The highest BCUT2D eigenvalue weighted by atomic mass is 31.2. The van der Waals surface area contributed by atoms with E-state index in [0.29, 0.717) is 0 Å². The van der Waals surface area contributed by atoms with Gasteiger partial charge in [0.05, 0.1) is 5.30 Å². The molecule has 0 radical (unpaired) electrons. The van der Waals surface area contributed by atoms with Gasteiger partial charge in [-0.1, -0.05) is 86.6 Å². The van der Waals surface area contributed by atoms with Crippen LogP contribution in [0.3, 0.4) is 0 Å². The molecule has 0 amide bonds. The Morgan fingerprint density at radius 1 is 0.657 bits per heavy atom. The van der Waals surface area contributed by atoms with Gasteiger partial charge in [0.15, 0.2) is 0 Å². The zero-order valence-corrected chi connectivity index (χ0v) is 22.5. The van der Waals surface area contributed by atoms with Crippen molar-refractivity contribution in [2.75, 3.05) is 0 Å². The van der Waals surface area contributed by atoms with Crippen LogP contribution in [-0.4, -0.2) is 5.66 Å². The maximum atomic E-state index is 13.1. The molecule has 0 aliphatic carbocycles. The molecule has 0 saturated carbocycles. The monoisotopic (exact) mass is 482 g/mol. The standard InChI is InChI=1S/C17H20.C15H15O2P/c1-12-5-7-16(9-14(12)3)11-17-8-6-13(2)15(4)10-17;1-11(2)18(16)15-10-6-4-8-13(15)12-7-3-5-9-14(12)17-18/h5-10H,11H2,1-4H3;3-11H,1-2H3. The minimum Gasteiger partial charge on any atom is -0.439 e. The van der Waals surface area contributed by atoms with Gasteiger partial charge in [0.25, 0.3) is 7.37 Å². The van der Waals surface area contributed by atoms with Gasteiger partial charge in [0.1, 0.15) is 5.75 Å². The minimum absolute atomic E-state index is 0.0213. The fraction of sp³-hybridized carbons (Fsp3) is 0.250. The average molecular weight is 483 g/mol. The summed E-state index contributed by atoms with van der Waals surface area (Å²) in [6.45, 7) is 12.6. The van der Waals surface area contributed by atoms with Crippen LogP contribution in [0.4, 0.5) is 0 Å². The molecule has 35 heavy (non-hydrogen) atoms. The van der Waals surface area contributed by atoms with Crippen molar-refractivity contribution in [1.29, 1.82) is 0 Å². The normalized spacial score (nSPS) is 16.0. The maximum Gasteiger partial charge on any atom is 0.280 e. The first kappa shape index (κ1) is 25.0. The van der Waals surface area contributed by atoms with Crippen LogP contribution in [0.15, 0.2) is 84.9 Å². The minimum atomic E-state index is -2.81. The van der Waals surface area contributed by atoms with Crippen molar-refractivity contribution in [3.05, 3.63) is 118 Å². The summed E-state index contributed by atoms with van der Waals surface area (Å²) in [5.74, 6) is 0.730. The van der Waals surface area contributed by atoms with Crippen LogP contribution in [0, 0.1) is 27.7 Å². The summed E-state index contributed by atoms with van der Waals surface area (Å²) in [5, 5.41) is 0.846. The third kappa shape index (κ3) is 5.29. The van der Waals surface area contributed by atoms with Crippen LogP contribution < -0.4 is 9.83 Å². The summed E-state index contributed by atoms with van der Waals surface area (Å²) >= 11 is 0. The van der Waals surface area contributed by atoms with E-state index in [9.17, 15) is 4.57 Å². The first-order valence-electron chi connectivity index (χ1n) is 12.3. The fourth-order valence-corrected chi connectivity index (χ4v) is 6.53. The van der Waals surface area contributed by atoms with Crippen LogP contribution >= 0.6 is 7.37 Å². The second kappa shape index (κ2) is 10.3. The van der Waals surface area contributed by atoms with Gasteiger partial charge in [-0.3, -0.25) is 4.57 Å². The summed E-state index contributed by atoms with van der Waals surface area (Å²) in [6, 6.07) is 29.1. The zero-order valence-electron chi connectivity index (χ0n) is 21.6. The summed E-state index contributed by atoms with van der Waals surface area (Å²) in [4.78, 5) is 0. The molecular weight excluding hydrogens is 447 g/mol. The van der Waals surface area contributed by atoms with Crippen molar-refractivity contribution in [1.82, 2.24) is 0 Å². The van der Waals surface area contributed by atoms with Gasteiger partial charge in [-0.15, -0.1) is 0 Å². The zero-order chi connectivity index (χ0) is 25.2. The Hall–Kier alpha value is -3.09. The van der Waals surface area contributed by atoms with E-state index in [4.69, 9.17) is 4.52 Å². The molecule has 1 aliphatic heterocycles. The Bertz CT molecular complexity index is 1350. The lowest BCUT2D eigenvalue weighted by molar-refractivity contribution is 0.482. The fourth-order valence-electron chi connectivity index (χ4n) is 4.38. The topological polar surface area (TPSA) is 26.3 Å². The first-order valence-corrected chi connectivity index (χ1v) is 14.0. The molecule has 0 aromatic heterocycles. The van der Waals surface area contributed by atoms with Gasteiger partial charge < -0.3 is 4.52 Å². The second-order valence-corrected chi connectivity index (χ2v) is 12.7. The third-order valence-corrected chi connectivity index (χ3v) is 9.77. The molecule has 4 aromatic rings. The van der Waals surface area contributed by atoms with Crippen LogP contribution in [0.1, 0.15) is 47.2 Å². The average Bonchev–Trinajstić information content (AvgIpc) is 2.84. The van der Waals surface area contributed by atoms with Crippen molar-refractivity contribution in [3.8, 4) is 16.9 Å². The number of aryl methyl sites for hydroxylation is 4. The molecule has 0 bridgehead atoms. The van der Waals surface area contributed by atoms with Crippen LogP contribution in [0.25, 0.3) is 11.1 Å². The number of hydrogen-bond donors (Lipinski definition) is 0. The summed E-state index contributed by atoms with van der Waals surface area (Å²) in [5.41, 5.74) is 10.3. The van der Waals surface area contributed by atoms with Crippen molar-refractivity contribution in [3.63, 3.8) is 0 Å². The highest BCUT2D eigenvalue weighted by Gasteiger charge is 2.38. The van der Waals surface area contributed by atoms with Gasteiger partial charge in [-0.2, -0.15) is 0 Å². The molecule has 4 aromatic carbocycles. The number of rotatable bonds is 3. The highest BCUT2D eigenvalue weighted by molar-refractivity contribution is 7.68. The number of hydrogen-bond acceptors (Lipinski definition) is 2. The maximum absolute atomic E-state index is 13.1. The summed E-state index contributed by atoms with van der Waals surface area (Å²) in [6.07, 6.45) is 1.03. The number of para-hydroxylation sites is 1. The lowest BCUT2D eigenvalue weighted by atomic mass is 9.98. The number of fused-ring (bicyclic) bond motifs is 3. The summed E-state index contributed by atoms with van der Waals surface area (Å²) in [7, 11) is -2.81. The largest absolute Gasteiger partial charge is 0.439 e. The highest BCUT2D eigenvalue weighted by Crippen LogP contribution is 2.57. The molecule has 5 rings (SSSR count). The van der Waals surface area contributed by atoms with Gasteiger partial charge in [0.2, 0.25) is 0 Å². The molecule has 1 atom stereocenters.